The number of amides is 1. The Labute approximate surface area is 194 Å². The van der Waals surface area contributed by atoms with E-state index < -0.39 is 14.9 Å². The second-order valence-electron chi connectivity index (χ2n) is 8.48. The van der Waals surface area contributed by atoms with Crippen LogP contribution in [0, 0.1) is 37.8 Å². The SMILES string of the molecule is Cc1cc(C)c(S(=O)(=O)N2CCN(CCC(=O)Nc3cccc([N+](=O)[O-])c3C)CC2)c(C)c1. The molecule has 1 saturated heterocycles. The minimum Gasteiger partial charge on any atom is -0.326 e. The average Bonchev–Trinajstić information content (AvgIpc) is 2.73. The summed E-state index contributed by atoms with van der Waals surface area (Å²) in [7, 11) is -3.58. The minimum atomic E-state index is -3.58. The van der Waals surface area contributed by atoms with Gasteiger partial charge in [0.2, 0.25) is 15.9 Å². The molecule has 0 unspecified atom stereocenters. The normalized spacial score (nSPS) is 15.4. The Balaban J connectivity index is 1.55. The molecule has 0 bridgehead atoms. The van der Waals surface area contributed by atoms with E-state index in [-0.39, 0.29) is 18.0 Å². The van der Waals surface area contributed by atoms with E-state index in [1.54, 1.807) is 13.0 Å². The maximum Gasteiger partial charge on any atom is 0.274 e. The van der Waals surface area contributed by atoms with Crippen LogP contribution < -0.4 is 5.32 Å². The summed E-state index contributed by atoms with van der Waals surface area (Å²) in [6.45, 7) is 9.47. The molecule has 0 saturated carbocycles. The van der Waals surface area contributed by atoms with Gasteiger partial charge in [-0.15, -0.1) is 0 Å². The second-order valence-corrected chi connectivity index (χ2v) is 10.4. The van der Waals surface area contributed by atoms with Gasteiger partial charge in [-0.1, -0.05) is 23.8 Å². The van der Waals surface area contributed by atoms with E-state index >= 15 is 0 Å². The topological polar surface area (TPSA) is 113 Å². The fourth-order valence-electron chi connectivity index (χ4n) is 4.33. The Kier molecular flexibility index (Phi) is 7.51. The van der Waals surface area contributed by atoms with Gasteiger partial charge in [-0.3, -0.25) is 14.9 Å². The third kappa shape index (κ3) is 5.58. The molecule has 2 aromatic rings. The van der Waals surface area contributed by atoms with Crippen molar-refractivity contribution in [2.75, 3.05) is 38.0 Å². The summed E-state index contributed by atoms with van der Waals surface area (Å²) in [5, 5.41) is 13.8. The molecule has 1 amide bonds. The zero-order valence-electron chi connectivity index (χ0n) is 19.4. The molecule has 0 aromatic heterocycles. The highest BCUT2D eigenvalue weighted by molar-refractivity contribution is 7.89. The van der Waals surface area contributed by atoms with Crippen LogP contribution in [0.3, 0.4) is 0 Å². The number of hydrogen-bond acceptors (Lipinski definition) is 6. The van der Waals surface area contributed by atoms with Crippen molar-refractivity contribution in [2.45, 2.75) is 39.0 Å². The zero-order chi connectivity index (χ0) is 24.3. The molecule has 1 aliphatic rings. The van der Waals surface area contributed by atoms with Gasteiger partial charge < -0.3 is 10.2 Å². The highest BCUT2D eigenvalue weighted by Gasteiger charge is 2.31. The number of benzene rings is 2. The molecule has 33 heavy (non-hydrogen) atoms. The lowest BCUT2D eigenvalue weighted by Crippen LogP contribution is -2.49. The van der Waals surface area contributed by atoms with E-state index in [0.29, 0.717) is 48.9 Å². The molecule has 1 heterocycles. The van der Waals surface area contributed by atoms with Crippen LogP contribution in [0.1, 0.15) is 28.7 Å². The Morgan fingerprint density at radius 2 is 1.67 bits per heavy atom. The zero-order valence-corrected chi connectivity index (χ0v) is 20.2. The predicted octanol–water partition coefficient (Wildman–Crippen LogP) is 3.16. The van der Waals surface area contributed by atoms with Gasteiger partial charge in [-0.05, 0) is 44.9 Å². The van der Waals surface area contributed by atoms with Gasteiger partial charge in [0.25, 0.3) is 5.69 Å². The van der Waals surface area contributed by atoms with Crippen molar-refractivity contribution in [1.82, 2.24) is 9.21 Å². The highest BCUT2D eigenvalue weighted by Crippen LogP contribution is 2.27. The molecule has 0 atom stereocenters. The average molecular weight is 475 g/mol. The highest BCUT2D eigenvalue weighted by atomic mass is 32.2. The molecule has 0 radical (unpaired) electrons. The van der Waals surface area contributed by atoms with Crippen LogP contribution in [-0.4, -0.2) is 61.2 Å². The van der Waals surface area contributed by atoms with E-state index in [4.69, 9.17) is 0 Å². The van der Waals surface area contributed by atoms with Gasteiger partial charge in [0, 0.05) is 45.2 Å². The number of carbonyl (C=O) groups is 1. The third-order valence-electron chi connectivity index (χ3n) is 5.96. The maximum atomic E-state index is 13.2. The number of carbonyl (C=O) groups excluding carboxylic acids is 1. The molecule has 2 aromatic carbocycles. The Morgan fingerprint density at radius 3 is 2.24 bits per heavy atom. The van der Waals surface area contributed by atoms with Crippen molar-refractivity contribution in [3.63, 3.8) is 0 Å². The van der Waals surface area contributed by atoms with Gasteiger partial charge in [0.05, 0.1) is 21.1 Å². The van der Waals surface area contributed by atoms with Gasteiger partial charge in [-0.25, -0.2) is 8.42 Å². The lowest BCUT2D eigenvalue weighted by molar-refractivity contribution is -0.385. The fraction of sp³-hybridized carbons (Fsp3) is 0.435. The molecule has 178 valence electrons. The predicted molar refractivity (Wildman–Crippen MR) is 127 cm³/mol. The minimum absolute atomic E-state index is 0.0378. The molecular weight excluding hydrogens is 444 g/mol. The van der Waals surface area contributed by atoms with Crippen LogP contribution >= 0.6 is 0 Å². The van der Waals surface area contributed by atoms with Crippen LogP contribution in [0.5, 0.6) is 0 Å². The summed E-state index contributed by atoms with van der Waals surface area (Å²) < 4.78 is 28.0. The third-order valence-corrected chi connectivity index (χ3v) is 8.17. The molecular formula is C23H30N4O5S. The standard InChI is InChI=1S/C23H30N4O5S/c1-16-14-17(2)23(18(3)15-16)33(31,32)26-12-10-25(11-13-26)9-8-22(28)24-20-6-5-7-21(19(20)4)27(29)30/h5-7,14-15H,8-13H2,1-4H3,(H,24,28). The quantitative estimate of drug-likeness (QED) is 0.487. The molecule has 0 spiro atoms. The Hall–Kier alpha value is -2.82. The summed E-state index contributed by atoms with van der Waals surface area (Å²) in [6, 6.07) is 8.35. The van der Waals surface area contributed by atoms with E-state index in [2.05, 4.69) is 10.2 Å². The first-order chi connectivity index (χ1) is 15.5. The Bertz CT molecular complexity index is 1150. The van der Waals surface area contributed by atoms with Crippen molar-refractivity contribution in [1.29, 1.82) is 0 Å². The molecule has 10 heteroatoms. The van der Waals surface area contributed by atoms with Crippen LogP contribution in [0.4, 0.5) is 11.4 Å². The van der Waals surface area contributed by atoms with Gasteiger partial charge in [0.15, 0.2) is 0 Å². The summed E-state index contributed by atoms with van der Waals surface area (Å²) >= 11 is 0. The van der Waals surface area contributed by atoms with Crippen molar-refractivity contribution in [2.24, 2.45) is 0 Å². The largest absolute Gasteiger partial charge is 0.326 e. The molecule has 9 nitrogen and oxygen atoms in total. The first-order valence-corrected chi connectivity index (χ1v) is 12.3. The van der Waals surface area contributed by atoms with E-state index in [1.165, 1.54) is 16.4 Å². The van der Waals surface area contributed by atoms with Gasteiger partial charge in [0.1, 0.15) is 0 Å². The lowest BCUT2D eigenvalue weighted by atomic mass is 10.1. The number of rotatable bonds is 7. The molecule has 1 N–H and O–H groups in total. The number of sulfonamides is 1. The van der Waals surface area contributed by atoms with Crippen LogP contribution in [0.2, 0.25) is 0 Å². The van der Waals surface area contributed by atoms with E-state index in [1.807, 2.05) is 32.9 Å². The molecule has 1 fully saturated rings. The summed E-state index contributed by atoms with van der Waals surface area (Å²) in [5.74, 6) is -0.237. The van der Waals surface area contributed by atoms with Crippen LogP contribution in [0.25, 0.3) is 0 Å². The van der Waals surface area contributed by atoms with Gasteiger partial charge in [-0.2, -0.15) is 4.31 Å². The van der Waals surface area contributed by atoms with Crippen molar-refractivity contribution < 1.29 is 18.1 Å². The van der Waals surface area contributed by atoms with E-state index in [9.17, 15) is 23.3 Å². The number of nitro groups is 1. The number of nitrogens with zero attached hydrogens (tertiary/aromatic N) is 3. The van der Waals surface area contributed by atoms with E-state index in [0.717, 1.165) is 16.7 Å². The lowest BCUT2D eigenvalue weighted by Gasteiger charge is -2.34. The Morgan fingerprint density at radius 1 is 1.06 bits per heavy atom. The molecule has 3 rings (SSSR count). The van der Waals surface area contributed by atoms with Crippen molar-refractivity contribution in [3.05, 3.63) is 62.7 Å². The second kappa shape index (κ2) is 9.98. The summed E-state index contributed by atoms with van der Waals surface area (Å²) in [4.78, 5) is 25.4. The number of nitrogens with one attached hydrogen (secondary N) is 1. The smallest absolute Gasteiger partial charge is 0.274 e. The number of aryl methyl sites for hydroxylation is 3. The first-order valence-electron chi connectivity index (χ1n) is 10.8. The van der Waals surface area contributed by atoms with Crippen LogP contribution in [0.15, 0.2) is 35.2 Å². The summed E-state index contributed by atoms with van der Waals surface area (Å²) in [5.41, 5.74) is 3.34. The number of hydrogen-bond donors (Lipinski definition) is 1. The maximum absolute atomic E-state index is 13.2. The number of anilines is 1. The van der Waals surface area contributed by atoms with Crippen molar-refractivity contribution in [3.8, 4) is 0 Å². The fourth-order valence-corrected chi connectivity index (χ4v) is 6.16. The first kappa shape index (κ1) is 24.8. The van der Waals surface area contributed by atoms with Crippen molar-refractivity contribution >= 4 is 27.3 Å². The van der Waals surface area contributed by atoms with Gasteiger partial charge >= 0.3 is 0 Å². The monoisotopic (exact) mass is 474 g/mol. The number of nitro benzene ring substituents is 1. The molecule has 0 aliphatic carbocycles. The molecule has 1 aliphatic heterocycles. The van der Waals surface area contributed by atoms with Crippen LogP contribution in [-0.2, 0) is 14.8 Å². The summed E-state index contributed by atoms with van der Waals surface area (Å²) in [6.07, 6.45) is 0.213. The number of piperazine rings is 1.